The molecule has 0 aliphatic rings. The van der Waals surface area contributed by atoms with Gasteiger partial charge >= 0.3 is 0 Å². The van der Waals surface area contributed by atoms with E-state index in [2.05, 4.69) is 0 Å². The van der Waals surface area contributed by atoms with Gasteiger partial charge in [0.25, 0.3) is 0 Å². The summed E-state index contributed by atoms with van der Waals surface area (Å²) in [6, 6.07) is 2.69. The van der Waals surface area contributed by atoms with Crippen molar-refractivity contribution in [2.75, 3.05) is 0 Å². The van der Waals surface area contributed by atoms with Crippen molar-refractivity contribution in [2.45, 2.75) is 20.3 Å². The Morgan fingerprint density at radius 3 is 2.62 bits per heavy atom. The number of Topliss-reactive ketones (excluding diaryl/α,β-unsaturated/α-hetero) is 1. The smallest absolute Gasteiger partial charge is 0.134 e. The van der Waals surface area contributed by atoms with Gasteiger partial charge in [-0.2, -0.15) is 0 Å². The Morgan fingerprint density at radius 2 is 2.15 bits per heavy atom. The van der Waals surface area contributed by atoms with E-state index in [1.54, 1.807) is 0 Å². The molecule has 0 spiro atoms. The Kier molecular flexibility index (Phi) is 2.66. The number of phenols is 1. The van der Waals surface area contributed by atoms with Gasteiger partial charge in [-0.05, 0) is 31.5 Å². The van der Waals surface area contributed by atoms with E-state index in [9.17, 15) is 14.3 Å². The van der Waals surface area contributed by atoms with Crippen LogP contribution in [-0.2, 0) is 11.2 Å². The molecule has 13 heavy (non-hydrogen) atoms. The maximum Gasteiger partial charge on any atom is 0.134 e. The Balaban J connectivity index is 3.06. The highest BCUT2D eigenvalue weighted by Gasteiger charge is 2.06. The van der Waals surface area contributed by atoms with Gasteiger partial charge in [-0.15, -0.1) is 0 Å². The van der Waals surface area contributed by atoms with Crippen molar-refractivity contribution in [3.63, 3.8) is 0 Å². The lowest BCUT2D eigenvalue weighted by Gasteiger charge is -2.03. The van der Waals surface area contributed by atoms with Gasteiger partial charge in [0.05, 0.1) is 0 Å². The zero-order chi connectivity index (χ0) is 10.0. The maximum absolute atomic E-state index is 13.0. The van der Waals surface area contributed by atoms with E-state index in [1.165, 1.54) is 26.0 Å². The van der Waals surface area contributed by atoms with Crippen molar-refractivity contribution < 1.29 is 14.3 Å². The van der Waals surface area contributed by atoms with Gasteiger partial charge in [0.2, 0.25) is 0 Å². The quantitative estimate of drug-likeness (QED) is 0.759. The lowest BCUT2D eigenvalue weighted by Crippen LogP contribution is -1.97. The molecule has 0 radical (unpaired) electrons. The molecular weight excluding hydrogens is 171 g/mol. The highest BCUT2D eigenvalue weighted by molar-refractivity contribution is 5.78. The Hall–Kier alpha value is -1.38. The Morgan fingerprint density at radius 1 is 1.54 bits per heavy atom. The molecule has 0 heterocycles. The van der Waals surface area contributed by atoms with Crippen molar-refractivity contribution in [2.24, 2.45) is 0 Å². The molecule has 1 N–H and O–H groups in total. The number of phenolic OH excluding ortho intramolecular Hbond substituents is 1. The summed E-state index contributed by atoms with van der Waals surface area (Å²) in [6.07, 6.45) is 0.157. The van der Waals surface area contributed by atoms with E-state index in [0.29, 0.717) is 5.56 Å². The molecule has 1 aromatic carbocycles. The first-order valence-electron chi connectivity index (χ1n) is 3.98. The van der Waals surface area contributed by atoms with Crippen LogP contribution in [0.4, 0.5) is 4.39 Å². The minimum Gasteiger partial charge on any atom is -0.508 e. The molecule has 0 atom stereocenters. The number of carbonyl (C=O) groups is 1. The fourth-order valence-electron chi connectivity index (χ4n) is 1.11. The molecular formula is C10H11FO2. The number of hydrogen-bond acceptors (Lipinski definition) is 2. The van der Waals surface area contributed by atoms with Crippen molar-refractivity contribution in [1.29, 1.82) is 0 Å². The number of benzene rings is 1. The van der Waals surface area contributed by atoms with E-state index >= 15 is 0 Å². The molecule has 0 saturated carbocycles. The SMILES string of the molecule is CC(=O)Cc1cc(O)c(C)c(F)c1. The number of ketones is 1. The second kappa shape index (κ2) is 3.56. The van der Waals surface area contributed by atoms with Crippen LogP contribution >= 0.6 is 0 Å². The molecule has 0 bridgehead atoms. The van der Waals surface area contributed by atoms with Crippen LogP contribution in [0.25, 0.3) is 0 Å². The van der Waals surface area contributed by atoms with Crippen LogP contribution in [0.3, 0.4) is 0 Å². The predicted octanol–water partition coefficient (Wildman–Crippen LogP) is 1.97. The molecule has 0 aliphatic heterocycles. The standard InChI is InChI=1S/C10H11FO2/c1-6(12)3-8-4-9(11)7(2)10(13)5-8/h4-5,13H,3H2,1-2H3. The zero-order valence-corrected chi connectivity index (χ0v) is 7.60. The summed E-state index contributed by atoms with van der Waals surface area (Å²) < 4.78 is 13.0. The summed E-state index contributed by atoms with van der Waals surface area (Å²) in [4.78, 5) is 10.7. The summed E-state index contributed by atoms with van der Waals surface area (Å²) in [5, 5.41) is 9.24. The van der Waals surface area contributed by atoms with Crippen molar-refractivity contribution in [3.05, 3.63) is 29.1 Å². The number of rotatable bonds is 2. The van der Waals surface area contributed by atoms with Gasteiger partial charge in [0.15, 0.2) is 0 Å². The highest BCUT2D eigenvalue weighted by atomic mass is 19.1. The van der Waals surface area contributed by atoms with Gasteiger partial charge in [-0.1, -0.05) is 0 Å². The second-order valence-corrected chi connectivity index (χ2v) is 3.10. The molecule has 3 heteroatoms. The predicted molar refractivity (Wildman–Crippen MR) is 47.2 cm³/mol. The second-order valence-electron chi connectivity index (χ2n) is 3.10. The number of carbonyl (C=O) groups excluding carboxylic acids is 1. The third-order valence-corrected chi connectivity index (χ3v) is 1.83. The first kappa shape index (κ1) is 9.71. The lowest BCUT2D eigenvalue weighted by atomic mass is 10.1. The number of aromatic hydroxyl groups is 1. The van der Waals surface area contributed by atoms with Crippen LogP contribution in [-0.4, -0.2) is 10.9 Å². The lowest BCUT2D eigenvalue weighted by molar-refractivity contribution is -0.116. The van der Waals surface area contributed by atoms with Crippen LogP contribution in [0.5, 0.6) is 5.75 Å². The fourth-order valence-corrected chi connectivity index (χ4v) is 1.11. The van der Waals surface area contributed by atoms with E-state index in [1.807, 2.05) is 0 Å². The molecule has 0 aliphatic carbocycles. The molecule has 0 saturated heterocycles. The third kappa shape index (κ3) is 2.28. The minimum atomic E-state index is -0.476. The average molecular weight is 182 g/mol. The van der Waals surface area contributed by atoms with Crippen LogP contribution < -0.4 is 0 Å². The van der Waals surface area contributed by atoms with Crippen LogP contribution in [0.1, 0.15) is 18.1 Å². The van der Waals surface area contributed by atoms with Crippen molar-refractivity contribution in [3.8, 4) is 5.75 Å². The van der Waals surface area contributed by atoms with Gasteiger partial charge in [0.1, 0.15) is 17.3 Å². The van der Waals surface area contributed by atoms with Gasteiger partial charge in [0, 0.05) is 12.0 Å². The van der Waals surface area contributed by atoms with Gasteiger partial charge in [-0.3, -0.25) is 4.79 Å². The van der Waals surface area contributed by atoms with E-state index in [4.69, 9.17) is 0 Å². The molecule has 2 nitrogen and oxygen atoms in total. The molecule has 70 valence electrons. The van der Waals surface area contributed by atoms with E-state index < -0.39 is 5.82 Å². The average Bonchev–Trinajstić information content (AvgIpc) is 1.98. The minimum absolute atomic E-state index is 0.0531. The molecule has 1 aromatic rings. The summed E-state index contributed by atoms with van der Waals surface area (Å²) in [7, 11) is 0. The molecule has 1 rings (SSSR count). The van der Waals surface area contributed by atoms with Crippen molar-refractivity contribution >= 4 is 5.78 Å². The van der Waals surface area contributed by atoms with E-state index in [-0.39, 0.29) is 23.5 Å². The summed E-state index contributed by atoms with van der Waals surface area (Å²) in [6.45, 7) is 2.91. The molecule has 0 fully saturated rings. The van der Waals surface area contributed by atoms with Crippen LogP contribution in [0.15, 0.2) is 12.1 Å². The van der Waals surface area contributed by atoms with Gasteiger partial charge < -0.3 is 5.11 Å². The first-order valence-corrected chi connectivity index (χ1v) is 3.98. The molecule has 0 aromatic heterocycles. The Labute approximate surface area is 76.0 Å². The number of hydrogen-bond donors (Lipinski definition) is 1. The van der Waals surface area contributed by atoms with Crippen LogP contribution in [0.2, 0.25) is 0 Å². The summed E-state index contributed by atoms with van der Waals surface area (Å²) >= 11 is 0. The zero-order valence-electron chi connectivity index (χ0n) is 7.60. The van der Waals surface area contributed by atoms with Crippen molar-refractivity contribution in [1.82, 2.24) is 0 Å². The summed E-state index contributed by atoms with van der Waals surface area (Å²) in [5.74, 6) is -0.629. The monoisotopic (exact) mass is 182 g/mol. The fraction of sp³-hybridized carbons (Fsp3) is 0.300. The topological polar surface area (TPSA) is 37.3 Å². The summed E-state index contributed by atoms with van der Waals surface area (Å²) in [5.41, 5.74) is 0.723. The normalized spacial score (nSPS) is 10.1. The third-order valence-electron chi connectivity index (χ3n) is 1.83. The van der Waals surface area contributed by atoms with E-state index in [0.717, 1.165) is 0 Å². The molecule has 0 amide bonds. The van der Waals surface area contributed by atoms with Gasteiger partial charge in [-0.25, -0.2) is 4.39 Å². The Bertz CT molecular complexity index is 322. The maximum atomic E-state index is 13.0. The highest BCUT2D eigenvalue weighted by Crippen LogP contribution is 2.21. The first-order chi connectivity index (χ1) is 6.00. The number of halogens is 1. The molecule has 0 unspecified atom stereocenters. The largest absolute Gasteiger partial charge is 0.508 e. The van der Waals surface area contributed by atoms with Crippen LogP contribution in [0, 0.1) is 12.7 Å².